The molecule has 126 valence electrons. The standard InChI is InChI=1S/C20H25N3O/c1-14-6-5-11-23(13-14)20(24)19-12-18(21-22-19)17-10-4-8-15-7-2-3-9-16(15)17/h2-4,7-10,14,18-19,21-22H,5-6,11-13H2,1H3. The van der Waals surface area contributed by atoms with Crippen LogP contribution in [0.25, 0.3) is 10.8 Å². The van der Waals surface area contributed by atoms with E-state index in [1.807, 2.05) is 4.90 Å². The molecule has 2 fully saturated rings. The summed E-state index contributed by atoms with van der Waals surface area (Å²) in [5.41, 5.74) is 7.86. The van der Waals surface area contributed by atoms with Gasteiger partial charge in [0.25, 0.3) is 0 Å². The van der Waals surface area contributed by atoms with Crippen molar-refractivity contribution in [3.63, 3.8) is 0 Å². The lowest BCUT2D eigenvalue weighted by molar-refractivity contribution is -0.134. The third kappa shape index (κ3) is 2.92. The summed E-state index contributed by atoms with van der Waals surface area (Å²) in [6.45, 7) is 4.04. The number of benzene rings is 2. The van der Waals surface area contributed by atoms with Crippen molar-refractivity contribution in [3.8, 4) is 0 Å². The van der Waals surface area contributed by atoms with Gasteiger partial charge < -0.3 is 4.90 Å². The van der Waals surface area contributed by atoms with Gasteiger partial charge in [-0.15, -0.1) is 0 Å². The topological polar surface area (TPSA) is 44.4 Å². The van der Waals surface area contributed by atoms with Crippen molar-refractivity contribution in [1.82, 2.24) is 15.8 Å². The number of carbonyl (C=O) groups is 1. The second kappa shape index (κ2) is 6.54. The molecular formula is C20H25N3O. The quantitative estimate of drug-likeness (QED) is 0.893. The first-order valence-corrected chi connectivity index (χ1v) is 9.00. The van der Waals surface area contributed by atoms with E-state index in [9.17, 15) is 4.79 Å². The van der Waals surface area contributed by atoms with Crippen LogP contribution in [-0.2, 0) is 4.79 Å². The summed E-state index contributed by atoms with van der Waals surface area (Å²) >= 11 is 0. The number of likely N-dealkylation sites (tertiary alicyclic amines) is 1. The van der Waals surface area contributed by atoms with Crippen LogP contribution < -0.4 is 10.9 Å². The largest absolute Gasteiger partial charge is 0.341 e. The third-order valence-electron chi connectivity index (χ3n) is 5.37. The molecule has 0 radical (unpaired) electrons. The maximum absolute atomic E-state index is 12.8. The summed E-state index contributed by atoms with van der Waals surface area (Å²) in [4.78, 5) is 14.9. The number of nitrogens with one attached hydrogen (secondary N) is 2. The minimum Gasteiger partial charge on any atom is -0.341 e. The molecule has 4 nitrogen and oxygen atoms in total. The lowest BCUT2D eigenvalue weighted by Gasteiger charge is -2.32. The van der Waals surface area contributed by atoms with Gasteiger partial charge in [0.15, 0.2) is 0 Å². The highest BCUT2D eigenvalue weighted by Crippen LogP contribution is 2.30. The Labute approximate surface area is 143 Å². The molecule has 2 aliphatic rings. The van der Waals surface area contributed by atoms with Gasteiger partial charge in [0, 0.05) is 19.1 Å². The molecular weight excluding hydrogens is 298 g/mol. The Balaban J connectivity index is 1.51. The minimum atomic E-state index is -0.126. The number of amides is 1. The number of hydrogen-bond acceptors (Lipinski definition) is 3. The second-order valence-electron chi connectivity index (χ2n) is 7.23. The molecule has 0 bridgehead atoms. The summed E-state index contributed by atoms with van der Waals surface area (Å²) < 4.78 is 0. The van der Waals surface area contributed by atoms with Gasteiger partial charge in [-0.25, -0.2) is 10.9 Å². The SMILES string of the molecule is CC1CCCN(C(=O)C2CC(c3cccc4ccccc34)NN2)C1. The van der Waals surface area contributed by atoms with Crippen molar-refractivity contribution in [1.29, 1.82) is 0 Å². The van der Waals surface area contributed by atoms with Crippen molar-refractivity contribution < 1.29 is 4.79 Å². The van der Waals surface area contributed by atoms with E-state index in [-0.39, 0.29) is 18.0 Å². The maximum Gasteiger partial charge on any atom is 0.241 e. The molecule has 0 aromatic heterocycles. The van der Waals surface area contributed by atoms with Gasteiger partial charge in [-0.2, -0.15) is 0 Å². The first kappa shape index (κ1) is 15.6. The van der Waals surface area contributed by atoms with Crippen LogP contribution in [0.5, 0.6) is 0 Å². The van der Waals surface area contributed by atoms with Gasteiger partial charge in [0.2, 0.25) is 5.91 Å². The number of hydrogen-bond donors (Lipinski definition) is 2. The molecule has 0 aliphatic carbocycles. The summed E-state index contributed by atoms with van der Waals surface area (Å²) in [7, 11) is 0. The molecule has 1 amide bonds. The number of piperidine rings is 1. The third-order valence-corrected chi connectivity index (χ3v) is 5.37. The zero-order chi connectivity index (χ0) is 16.5. The molecule has 4 rings (SSSR count). The van der Waals surface area contributed by atoms with E-state index in [4.69, 9.17) is 0 Å². The monoisotopic (exact) mass is 323 g/mol. The van der Waals surface area contributed by atoms with Gasteiger partial charge in [-0.1, -0.05) is 49.4 Å². The Morgan fingerprint density at radius 1 is 1.12 bits per heavy atom. The molecule has 4 heteroatoms. The van der Waals surface area contributed by atoms with E-state index in [0.29, 0.717) is 5.92 Å². The molecule has 3 atom stereocenters. The zero-order valence-corrected chi connectivity index (χ0v) is 14.2. The van der Waals surface area contributed by atoms with E-state index < -0.39 is 0 Å². The highest BCUT2D eigenvalue weighted by atomic mass is 16.2. The van der Waals surface area contributed by atoms with Crippen LogP contribution in [0.3, 0.4) is 0 Å². The molecule has 2 saturated heterocycles. The van der Waals surface area contributed by atoms with Crippen LogP contribution in [0.2, 0.25) is 0 Å². The van der Waals surface area contributed by atoms with Gasteiger partial charge in [-0.05, 0) is 41.5 Å². The number of rotatable bonds is 2. The van der Waals surface area contributed by atoms with Crippen molar-refractivity contribution in [2.45, 2.75) is 38.3 Å². The fraction of sp³-hybridized carbons (Fsp3) is 0.450. The Hall–Kier alpha value is -1.91. The Bertz CT molecular complexity index is 739. The van der Waals surface area contributed by atoms with Gasteiger partial charge >= 0.3 is 0 Å². The Kier molecular flexibility index (Phi) is 4.25. The van der Waals surface area contributed by atoms with Gasteiger partial charge in [0.1, 0.15) is 6.04 Å². The highest BCUT2D eigenvalue weighted by molar-refractivity contribution is 5.87. The number of carbonyl (C=O) groups excluding carboxylic acids is 1. The van der Waals surface area contributed by atoms with Gasteiger partial charge in [0.05, 0.1) is 0 Å². The molecule has 2 heterocycles. The smallest absolute Gasteiger partial charge is 0.241 e. The predicted octanol–water partition coefficient (Wildman–Crippen LogP) is 3.01. The first-order valence-electron chi connectivity index (χ1n) is 9.00. The average Bonchev–Trinajstić information content (AvgIpc) is 3.10. The number of nitrogens with zero attached hydrogens (tertiary/aromatic N) is 1. The molecule has 2 N–H and O–H groups in total. The molecule has 3 unspecified atom stereocenters. The van der Waals surface area contributed by atoms with Crippen LogP contribution in [0.15, 0.2) is 42.5 Å². The second-order valence-corrected chi connectivity index (χ2v) is 7.23. The number of hydrazine groups is 1. The first-order chi connectivity index (χ1) is 11.7. The maximum atomic E-state index is 12.8. The van der Waals surface area contributed by atoms with Crippen LogP contribution in [-0.4, -0.2) is 29.9 Å². The molecule has 2 aliphatic heterocycles. The summed E-state index contributed by atoms with van der Waals surface area (Å²) in [5.74, 6) is 0.864. The van der Waals surface area contributed by atoms with E-state index in [2.05, 4.69) is 60.2 Å². The van der Waals surface area contributed by atoms with Crippen molar-refractivity contribution in [3.05, 3.63) is 48.0 Å². The van der Waals surface area contributed by atoms with Crippen LogP contribution >= 0.6 is 0 Å². The van der Waals surface area contributed by atoms with Crippen LogP contribution in [0.1, 0.15) is 37.8 Å². The fourth-order valence-electron chi connectivity index (χ4n) is 4.09. The van der Waals surface area contributed by atoms with Crippen LogP contribution in [0.4, 0.5) is 0 Å². The molecule has 2 aromatic rings. The summed E-state index contributed by atoms with van der Waals surface area (Å²) in [6, 6.07) is 14.9. The highest BCUT2D eigenvalue weighted by Gasteiger charge is 2.34. The number of fused-ring (bicyclic) bond motifs is 1. The van der Waals surface area contributed by atoms with E-state index in [1.54, 1.807) is 0 Å². The Morgan fingerprint density at radius 3 is 2.83 bits per heavy atom. The fourth-order valence-corrected chi connectivity index (χ4v) is 4.09. The van der Waals surface area contributed by atoms with Crippen molar-refractivity contribution in [2.75, 3.05) is 13.1 Å². The van der Waals surface area contributed by atoms with Crippen molar-refractivity contribution >= 4 is 16.7 Å². The molecule has 2 aromatic carbocycles. The van der Waals surface area contributed by atoms with E-state index in [0.717, 1.165) is 25.9 Å². The van der Waals surface area contributed by atoms with Crippen LogP contribution in [0, 0.1) is 5.92 Å². The summed E-state index contributed by atoms with van der Waals surface area (Å²) in [5, 5.41) is 2.51. The van der Waals surface area contributed by atoms with E-state index >= 15 is 0 Å². The minimum absolute atomic E-state index is 0.126. The molecule has 24 heavy (non-hydrogen) atoms. The normalized spacial score (nSPS) is 27.5. The lowest BCUT2D eigenvalue weighted by Crippen LogP contribution is -2.48. The zero-order valence-electron chi connectivity index (χ0n) is 14.2. The molecule has 0 saturated carbocycles. The Morgan fingerprint density at radius 2 is 1.96 bits per heavy atom. The average molecular weight is 323 g/mol. The van der Waals surface area contributed by atoms with Gasteiger partial charge in [-0.3, -0.25) is 4.79 Å². The lowest BCUT2D eigenvalue weighted by atomic mass is 9.95. The summed E-state index contributed by atoms with van der Waals surface area (Å²) in [6.07, 6.45) is 3.16. The van der Waals surface area contributed by atoms with E-state index in [1.165, 1.54) is 22.8 Å². The van der Waals surface area contributed by atoms with Crippen molar-refractivity contribution in [2.24, 2.45) is 5.92 Å². The predicted molar refractivity (Wildman–Crippen MR) is 96.3 cm³/mol. The molecule has 0 spiro atoms.